The van der Waals surface area contributed by atoms with Gasteiger partial charge in [0.25, 0.3) is 0 Å². The number of hydrogen-bond donors (Lipinski definition) is 0. The fourth-order valence-corrected chi connectivity index (χ4v) is 3.07. The summed E-state index contributed by atoms with van der Waals surface area (Å²) in [7, 11) is 0. The number of ether oxygens (including phenoxy) is 1. The van der Waals surface area contributed by atoms with Crippen LogP contribution in [0, 0.1) is 23.2 Å². The molecule has 0 bridgehead atoms. The largest absolute Gasteiger partial charge is 0.460 e. The van der Waals surface area contributed by atoms with Crippen LogP contribution in [-0.4, -0.2) is 11.6 Å². The van der Waals surface area contributed by atoms with Gasteiger partial charge in [-0.3, -0.25) is 4.79 Å². The van der Waals surface area contributed by atoms with Crippen molar-refractivity contribution in [3.05, 3.63) is 0 Å². The molecule has 0 spiro atoms. The maximum absolute atomic E-state index is 12.6. The van der Waals surface area contributed by atoms with Gasteiger partial charge in [0.15, 0.2) is 0 Å². The molecule has 0 aromatic heterocycles. The van der Waals surface area contributed by atoms with E-state index in [1.807, 2.05) is 20.8 Å². The number of rotatable bonds is 4. The summed E-state index contributed by atoms with van der Waals surface area (Å²) in [5.74, 6) is 0.775. The van der Waals surface area contributed by atoms with Gasteiger partial charge >= 0.3 is 5.97 Å². The van der Waals surface area contributed by atoms with E-state index in [1.165, 1.54) is 0 Å². The molecule has 0 aliphatic rings. The Hall–Kier alpha value is -0.530. The molecule has 0 saturated carbocycles. The average molecular weight is 242 g/mol. The van der Waals surface area contributed by atoms with E-state index in [0.717, 1.165) is 0 Å². The first-order valence-corrected chi connectivity index (χ1v) is 6.69. The van der Waals surface area contributed by atoms with Gasteiger partial charge in [0, 0.05) is 0 Å². The normalized spacial score (nSPS) is 13.6. The zero-order valence-electron chi connectivity index (χ0n) is 13.0. The number of esters is 1. The minimum Gasteiger partial charge on any atom is -0.460 e. The molecule has 0 N–H and O–H groups in total. The summed E-state index contributed by atoms with van der Waals surface area (Å²) < 4.78 is 5.65. The third-order valence-corrected chi connectivity index (χ3v) is 3.62. The maximum atomic E-state index is 12.6. The molecule has 0 unspecified atom stereocenters. The quantitative estimate of drug-likeness (QED) is 0.688. The predicted molar refractivity (Wildman–Crippen MR) is 72.8 cm³/mol. The topological polar surface area (TPSA) is 26.3 Å². The van der Waals surface area contributed by atoms with Crippen molar-refractivity contribution in [1.82, 2.24) is 0 Å². The molecule has 0 heterocycles. The molecule has 0 amide bonds. The van der Waals surface area contributed by atoms with E-state index in [-0.39, 0.29) is 23.7 Å². The van der Waals surface area contributed by atoms with Crippen LogP contribution in [-0.2, 0) is 9.53 Å². The van der Waals surface area contributed by atoms with Crippen LogP contribution in [0.25, 0.3) is 0 Å². The summed E-state index contributed by atoms with van der Waals surface area (Å²) in [6.07, 6.45) is 0. The minimum absolute atomic E-state index is 0.0509. The van der Waals surface area contributed by atoms with Crippen LogP contribution in [0.4, 0.5) is 0 Å². The van der Waals surface area contributed by atoms with Crippen LogP contribution >= 0.6 is 0 Å². The molecule has 0 aliphatic carbocycles. The van der Waals surface area contributed by atoms with Gasteiger partial charge < -0.3 is 4.74 Å². The van der Waals surface area contributed by atoms with Crippen molar-refractivity contribution in [3.63, 3.8) is 0 Å². The van der Waals surface area contributed by atoms with Gasteiger partial charge in [0.05, 0.1) is 5.41 Å². The van der Waals surface area contributed by atoms with Crippen molar-refractivity contribution in [3.8, 4) is 0 Å². The average Bonchev–Trinajstić information content (AvgIpc) is 1.97. The second kappa shape index (κ2) is 5.41. The Kier molecular flexibility index (Phi) is 5.24. The molecule has 0 aromatic carbocycles. The predicted octanol–water partition coefficient (Wildman–Crippen LogP) is 4.28. The fraction of sp³-hybridized carbons (Fsp3) is 0.933. The standard InChI is InChI=1S/C15H30O2/c1-10(2)15(11(3)4,12(5)6)13(16)17-14(7,8)9/h10-12H,1-9H3. The lowest BCUT2D eigenvalue weighted by Crippen LogP contribution is -2.48. The highest BCUT2D eigenvalue weighted by molar-refractivity contribution is 5.78. The van der Waals surface area contributed by atoms with E-state index in [1.54, 1.807) is 0 Å². The summed E-state index contributed by atoms with van der Waals surface area (Å²) >= 11 is 0. The molecule has 2 heteroatoms. The molecule has 0 aromatic rings. The van der Waals surface area contributed by atoms with Gasteiger partial charge in [0.2, 0.25) is 0 Å². The van der Waals surface area contributed by atoms with Gasteiger partial charge in [-0.05, 0) is 38.5 Å². The fourth-order valence-electron chi connectivity index (χ4n) is 3.07. The number of carbonyl (C=O) groups is 1. The maximum Gasteiger partial charge on any atom is 0.313 e. The van der Waals surface area contributed by atoms with E-state index in [2.05, 4.69) is 41.5 Å². The summed E-state index contributed by atoms with van der Waals surface area (Å²) in [6.45, 7) is 18.5. The molecule has 0 radical (unpaired) electrons. The molecule has 2 nitrogen and oxygen atoms in total. The van der Waals surface area contributed by atoms with Gasteiger partial charge in [-0.2, -0.15) is 0 Å². The summed E-state index contributed by atoms with van der Waals surface area (Å²) in [6, 6.07) is 0. The van der Waals surface area contributed by atoms with Crippen molar-refractivity contribution >= 4 is 5.97 Å². The molecule has 0 saturated heterocycles. The Labute approximate surface area is 107 Å². The highest BCUT2D eigenvalue weighted by Crippen LogP contribution is 2.44. The smallest absolute Gasteiger partial charge is 0.313 e. The molecule has 102 valence electrons. The van der Waals surface area contributed by atoms with E-state index in [0.29, 0.717) is 0 Å². The van der Waals surface area contributed by atoms with E-state index in [9.17, 15) is 4.79 Å². The van der Waals surface area contributed by atoms with Crippen molar-refractivity contribution in [2.24, 2.45) is 23.2 Å². The van der Waals surface area contributed by atoms with Crippen LogP contribution in [0.15, 0.2) is 0 Å². The summed E-state index contributed by atoms with van der Waals surface area (Å²) in [5, 5.41) is 0. The number of hydrogen-bond acceptors (Lipinski definition) is 2. The van der Waals surface area contributed by atoms with Gasteiger partial charge in [0.1, 0.15) is 5.60 Å². The second-order valence-corrected chi connectivity index (χ2v) is 6.90. The van der Waals surface area contributed by atoms with E-state index < -0.39 is 11.0 Å². The Morgan fingerprint density at radius 2 is 1.12 bits per heavy atom. The van der Waals surface area contributed by atoms with Crippen LogP contribution in [0.3, 0.4) is 0 Å². The first-order chi connectivity index (χ1) is 7.46. The molecule has 0 fully saturated rings. The first-order valence-electron chi connectivity index (χ1n) is 6.69. The lowest BCUT2D eigenvalue weighted by molar-refractivity contribution is -0.179. The van der Waals surface area contributed by atoms with Crippen LogP contribution in [0.2, 0.25) is 0 Å². The highest BCUT2D eigenvalue weighted by atomic mass is 16.6. The molecule has 17 heavy (non-hydrogen) atoms. The zero-order chi connectivity index (χ0) is 14.0. The van der Waals surface area contributed by atoms with E-state index in [4.69, 9.17) is 4.74 Å². The molecular formula is C15H30O2. The molecule has 0 rings (SSSR count). The summed E-state index contributed by atoms with van der Waals surface area (Å²) in [5.41, 5.74) is -0.811. The zero-order valence-corrected chi connectivity index (χ0v) is 13.0. The SMILES string of the molecule is CC(C)C(C(=O)OC(C)(C)C)(C(C)C)C(C)C. The third-order valence-electron chi connectivity index (χ3n) is 3.62. The third kappa shape index (κ3) is 3.46. The van der Waals surface area contributed by atoms with Crippen molar-refractivity contribution in [2.75, 3.05) is 0 Å². The Morgan fingerprint density at radius 3 is 1.29 bits per heavy atom. The van der Waals surface area contributed by atoms with Crippen molar-refractivity contribution in [1.29, 1.82) is 0 Å². The van der Waals surface area contributed by atoms with Crippen LogP contribution in [0.5, 0.6) is 0 Å². The van der Waals surface area contributed by atoms with Crippen molar-refractivity contribution < 1.29 is 9.53 Å². The minimum atomic E-state index is -0.416. The monoisotopic (exact) mass is 242 g/mol. The van der Waals surface area contributed by atoms with E-state index >= 15 is 0 Å². The molecular weight excluding hydrogens is 212 g/mol. The lowest BCUT2D eigenvalue weighted by atomic mass is 9.62. The Bertz CT molecular complexity index is 235. The lowest BCUT2D eigenvalue weighted by Gasteiger charge is -2.43. The van der Waals surface area contributed by atoms with Crippen LogP contribution in [0.1, 0.15) is 62.3 Å². The molecule has 0 atom stereocenters. The Balaban J connectivity index is 5.39. The van der Waals surface area contributed by atoms with Crippen molar-refractivity contribution in [2.45, 2.75) is 67.9 Å². The Morgan fingerprint density at radius 1 is 0.824 bits per heavy atom. The highest BCUT2D eigenvalue weighted by Gasteiger charge is 2.49. The number of carbonyl (C=O) groups excluding carboxylic acids is 1. The second-order valence-electron chi connectivity index (χ2n) is 6.90. The summed E-state index contributed by atoms with van der Waals surface area (Å²) in [4.78, 5) is 12.6. The van der Waals surface area contributed by atoms with Gasteiger partial charge in [-0.25, -0.2) is 0 Å². The van der Waals surface area contributed by atoms with Gasteiger partial charge in [-0.15, -0.1) is 0 Å². The first kappa shape index (κ1) is 16.5. The van der Waals surface area contributed by atoms with Crippen LogP contribution < -0.4 is 0 Å². The van der Waals surface area contributed by atoms with Gasteiger partial charge in [-0.1, -0.05) is 41.5 Å². The molecule has 0 aliphatic heterocycles.